The van der Waals surface area contributed by atoms with Crippen LogP contribution in [0.25, 0.3) is 0 Å². The van der Waals surface area contributed by atoms with Crippen molar-refractivity contribution < 1.29 is 22.9 Å². The van der Waals surface area contributed by atoms with Gasteiger partial charge < -0.3 is 9.64 Å². The Bertz CT molecular complexity index is 797. The molecule has 1 saturated heterocycles. The number of amides is 1. The van der Waals surface area contributed by atoms with Crippen LogP contribution in [0.5, 0.6) is 0 Å². The summed E-state index contributed by atoms with van der Waals surface area (Å²) in [7, 11) is -3.74. The van der Waals surface area contributed by atoms with Crippen LogP contribution in [0.15, 0.2) is 29.2 Å². The van der Waals surface area contributed by atoms with Crippen LogP contribution in [-0.2, 0) is 19.6 Å². The van der Waals surface area contributed by atoms with Gasteiger partial charge in [-0.3, -0.25) is 14.9 Å². The van der Waals surface area contributed by atoms with Crippen LogP contribution in [0.1, 0.15) is 32.1 Å². The minimum Gasteiger partial charge on any atom is -0.368 e. The van der Waals surface area contributed by atoms with Crippen molar-refractivity contribution in [2.45, 2.75) is 43.1 Å². The van der Waals surface area contributed by atoms with Gasteiger partial charge in [0.25, 0.3) is 5.69 Å². The van der Waals surface area contributed by atoms with Gasteiger partial charge in [0, 0.05) is 38.3 Å². The van der Waals surface area contributed by atoms with Crippen molar-refractivity contribution in [1.82, 2.24) is 9.21 Å². The van der Waals surface area contributed by atoms with Crippen LogP contribution in [-0.4, -0.2) is 67.3 Å². The molecule has 2 aliphatic rings. The van der Waals surface area contributed by atoms with E-state index in [2.05, 4.69) is 0 Å². The molecule has 0 aromatic heterocycles. The van der Waals surface area contributed by atoms with Crippen molar-refractivity contribution in [2.24, 2.45) is 0 Å². The molecular weight excluding hydrogens is 386 g/mol. The highest BCUT2D eigenvalue weighted by atomic mass is 32.2. The number of carbonyl (C=O) groups excluding carboxylic acids is 1. The predicted octanol–water partition coefficient (Wildman–Crippen LogP) is 1.78. The fourth-order valence-corrected chi connectivity index (χ4v) is 5.00. The summed E-state index contributed by atoms with van der Waals surface area (Å²) in [6, 6.07) is 4.83. The average molecular weight is 411 g/mol. The van der Waals surface area contributed by atoms with Gasteiger partial charge in [-0.2, -0.15) is 4.31 Å². The number of nitrogens with zero attached hydrogens (tertiary/aromatic N) is 3. The molecule has 0 N–H and O–H groups in total. The van der Waals surface area contributed by atoms with E-state index in [9.17, 15) is 23.3 Å². The molecule has 0 atom stereocenters. The molecule has 1 saturated carbocycles. The molecule has 9 nitrogen and oxygen atoms in total. The Morgan fingerprint density at radius 2 is 1.68 bits per heavy atom. The number of rotatable bonds is 6. The van der Waals surface area contributed by atoms with Crippen LogP contribution >= 0.6 is 0 Å². The molecule has 154 valence electrons. The predicted molar refractivity (Wildman–Crippen MR) is 101 cm³/mol. The molecule has 10 heteroatoms. The maximum atomic E-state index is 12.7. The molecule has 1 aliphatic carbocycles. The van der Waals surface area contributed by atoms with E-state index in [1.807, 2.05) is 0 Å². The maximum Gasteiger partial charge on any atom is 0.269 e. The first kappa shape index (κ1) is 20.7. The Morgan fingerprint density at radius 3 is 2.25 bits per heavy atom. The van der Waals surface area contributed by atoms with Gasteiger partial charge in [-0.05, 0) is 25.0 Å². The zero-order valence-electron chi connectivity index (χ0n) is 15.7. The van der Waals surface area contributed by atoms with Crippen molar-refractivity contribution in [3.63, 3.8) is 0 Å². The third-order valence-electron chi connectivity index (χ3n) is 5.27. The molecule has 3 rings (SSSR count). The second-order valence-corrected chi connectivity index (χ2v) is 9.04. The smallest absolute Gasteiger partial charge is 0.269 e. The van der Waals surface area contributed by atoms with E-state index in [4.69, 9.17) is 4.74 Å². The quantitative estimate of drug-likeness (QED) is 0.521. The zero-order valence-corrected chi connectivity index (χ0v) is 16.5. The number of hydrogen-bond donors (Lipinski definition) is 0. The fraction of sp³-hybridized carbons (Fsp3) is 0.611. The summed E-state index contributed by atoms with van der Waals surface area (Å²) in [6.07, 6.45) is 5.64. The number of benzene rings is 1. The number of ether oxygens (including phenoxy) is 1. The van der Waals surface area contributed by atoms with E-state index in [-0.39, 0.29) is 42.3 Å². The first-order valence-corrected chi connectivity index (χ1v) is 11.0. The van der Waals surface area contributed by atoms with E-state index in [0.29, 0.717) is 13.1 Å². The average Bonchev–Trinajstić information content (AvgIpc) is 2.73. The molecule has 0 spiro atoms. The lowest BCUT2D eigenvalue weighted by Gasteiger charge is -2.34. The Kier molecular flexibility index (Phi) is 6.63. The number of sulfonamides is 1. The summed E-state index contributed by atoms with van der Waals surface area (Å²) in [6.45, 7) is 1.03. The molecule has 1 aromatic rings. The van der Waals surface area contributed by atoms with Gasteiger partial charge in [0.1, 0.15) is 6.61 Å². The summed E-state index contributed by atoms with van der Waals surface area (Å²) in [4.78, 5) is 24.1. The Morgan fingerprint density at radius 1 is 1.07 bits per heavy atom. The molecular formula is C18H25N3O6S. The van der Waals surface area contributed by atoms with Crippen molar-refractivity contribution >= 4 is 21.6 Å². The van der Waals surface area contributed by atoms with Crippen LogP contribution in [0.3, 0.4) is 0 Å². The van der Waals surface area contributed by atoms with Crippen molar-refractivity contribution in [3.05, 3.63) is 34.4 Å². The van der Waals surface area contributed by atoms with Crippen LogP contribution in [0.4, 0.5) is 5.69 Å². The fourth-order valence-electron chi connectivity index (χ4n) is 3.58. The topological polar surface area (TPSA) is 110 Å². The van der Waals surface area contributed by atoms with Gasteiger partial charge in [-0.1, -0.05) is 19.3 Å². The number of piperazine rings is 1. The number of non-ortho nitro benzene ring substituents is 1. The highest BCUT2D eigenvalue weighted by molar-refractivity contribution is 7.89. The first-order chi connectivity index (χ1) is 13.4. The van der Waals surface area contributed by atoms with E-state index >= 15 is 0 Å². The van der Waals surface area contributed by atoms with E-state index in [1.165, 1.54) is 35.0 Å². The van der Waals surface area contributed by atoms with Crippen molar-refractivity contribution in [2.75, 3.05) is 32.8 Å². The zero-order chi connectivity index (χ0) is 20.1. The van der Waals surface area contributed by atoms with Gasteiger partial charge >= 0.3 is 0 Å². The first-order valence-electron chi connectivity index (χ1n) is 9.52. The lowest BCUT2D eigenvalue weighted by molar-refractivity contribution is -0.384. The van der Waals surface area contributed by atoms with E-state index in [0.717, 1.165) is 25.7 Å². The molecule has 1 aromatic carbocycles. The summed E-state index contributed by atoms with van der Waals surface area (Å²) in [5.41, 5.74) is -0.160. The summed E-state index contributed by atoms with van der Waals surface area (Å²) < 4.78 is 32.4. The SMILES string of the molecule is O=C(COC1CCCCC1)N1CCN(S(=O)(=O)c2ccc([N+](=O)[O-])cc2)CC1. The molecule has 28 heavy (non-hydrogen) atoms. The van der Waals surface area contributed by atoms with E-state index < -0.39 is 14.9 Å². The van der Waals surface area contributed by atoms with Crippen LogP contribution in [0, 0.1) is 10.1 Å². The maximum absolute atomic E-state index is 12.7. The molecule has 0 bridgehead atoms. The largest absolute Gasteiger partial charge is 0.368 e. The minimum absolute atomic E-state index is 0.0125. The third kappa shape index (κ3) is 4.86. The number of carbonyl (C=O) groups is 1. The number of hydrogen-bond acceptors (Lipinski definition) is 6. The van der Waals surface area contributed by atoms with Gasteiger partial charge in [0.2, 0.25) is 15.9 Å². The standard InChI is InChI=1S/C18H25N3O6S/c22-18(14-27-16-4-2-1-3-5-16)19-10-12-20(13-11-19)28(25,26)17-8-6-15(7-9-17)21(23)24/h6-9,16H,1-5,10-14H2. The second-order valence-electron chi connectivity index (χ2n) is 7.11. The summed E-state index contributed by atoms with van der Waals surface area (Å²) >= 11 is 0. The lowest BCUT2D eigenvalue weighted by Crippen LogP contribution is -2.51. The Hall–Kier alpha value is -2.04. The van der Waals surface area contributed by atoms with Crippen LogP contribution in [0.2, 0.25) is 0 Å². The molecule has 2 fully saturated rings. The van der Waals surface area contributed by atoms with Gasteiger partial charge in [-0.15, -0.1) is 0 Å². The minimum atomic E-state index is -3.74. The van der Waals surface area contributed by atoms with Crippen molar-refractivity contribution in [1.29, 1.82) is 0 Å². The Balaban J connectivity index is 1.52. The van der Waals surface area contributed by atoms with Gasteiger partial charge in [-0.25, -0.2) is 8.42 Å². The third-order valence-corrected chi connectivity index (χ3v) is 7.18. The Labute approximate surface area is 164 Å². The molecule has 1 heterocycles. The molecule has 0 radical (unpaired) electrons. The van der Waals surface area contributed by atoms with Gasteiger partial charge in [0.05, 0.1) is 15.9 Å². The van der Waals surface area contributed by atoms with E-state index in [1.54, 1.807) is 4.90 Å². The van der Waals surface area contributed by atoms with Crippen molar-refractivity contribution in [3.8, 4) is 0 Å². The lowest BCUT2D eigenvalue weighted by atomic mass is 9.98. The monoisotopic (exact) mass is 411 g/mol. The summed E-state index contributed by atoms with van der Waals surface area (Å²) in [5.74, 6) is -0.113. The normalized spacial score (nSPS) is 19.5. The number of nitro benzene ring substituents is 1. The second kappa shape index (κ2) is 8.97. The highest BCUT2D eigenvalue weighted by Crippen LogP contribution is 2.22. The van der Waals surface area contributed by atoms with Crippen LogP contribution < -0.4 is 0 Å². The molecule has 0 unspecified atom stereocenters. The molecule has 1 aliphatic heterocycles. The highest BCUT2D eigenvalue weighted by Gasteiger charge is 2.30. The number of nitro groups is 1. The molecule has 1 amide bonds. The van der Waals surface area contributed by atoms with Gasteiger partial charge in [0.15, 0.2) is 0 Å². The summed E-state index contributed by atoms with van der Waals surface area (Å²) in [5, 5.41) is 10.7.